The number of rotatable bonds is 9. The highest BCUT2D eigenvalue weighted by atomic mass is 35.5. The fraction of sp³-hybridized carbons (Fsp3) is 0.471. The van der Waals surface area contributed by atoms with Gasteiger partial charge in [0, 0.05) is 48.9 Å². The van der Waals surface area contributed by atoms with Gasteiger partial charge < -0.3 is 33.9 Å². The lowest BCUT2D eigenvalue weighted by atomic mass is 9.86. The summed E-state index contributed by atoms with van der Waals surface area (Å²) in [5.74, 6) is 0.132. The van der Waals surface area contributed by atoms with E-state index in [0.717, 1.165) is 34.7 Å². The second-order valence-corrected chi connectivity index (χ2v) is 13.2. The summed E-state index contributed by atoms with van der Waals surface area (Å²) >= 11 is 6.55. The molecule has 0 N–H and O–H groups in total. The van der Waals surface area contributed by atoms with Crippen molar-refractivity contribution in [1.82, 2.24) is 19.8 Å². The molecule has 0 radical (unpaired) electrons. The minimum Gasteiger partial charge on any atom is -0.463 e. The van der Waals surface area contributed by atoms with Crippen molar-refractivity contribution in [2.45, 2.75) is 32.0 Å². The van der Waals surface area contributed by atoms with Crippen molar-refractivity contribution >= 4 is 39.8 Å². The maximum Gasteiger partial charge on any atom is 0.318 e. The summed E-state index contributed by atoms with van der Waals surface area (Å²) in [6, 6.07) is 9.01. The fourth-order valence-electron chi connectivity index (χ4n) is 6.95. The van der Waals surface area contributed by atoms with Crippen molar-refractivity contribution in [3.8, 4) is 6.01 Å². The number of aromatic nitrogens is 2. The zero-order valence-electron chi connectivity index (χ0n) is 26.5. The third-order valence-corrected chi connectivity index (χ3v) is 9.51. The lowest BCUT2D eigenvalue weighted by Gasteiger charge is -2.43. The van der Waals surface area contributed by atoms with Crippen LogP contribution in [0.15, 0.2) is 43.0 Å². The molecule has 2 fully saturated rings. The molecule has 0 saturated carbocycles. The van der Waals surface area contributed by atoms with Crippen LogP contribution in [0.25, 0.3) is 15.6 Å². The number of amides is 1. The van der Waals surface area contributed by atoms with Crippen LogP contribution in [-0.4, -0.2) is 104 Å². The number of hydrogen-bond donors (Lipinski definition) is 0. The quantitative estimate of drug-likeness (QED) is 0.249. The van der Waals surface area contributed by atoms with Crippen LogP contribution in [0, 0.1) is 17.8 Å². The average Bonchev–Trinajstić information content (AvgIpc) is 3.03. The summed E-state index contributed by atoms with van der Waals surface area (Å²) in [7, 11) is 4.07. The molecule has 2 saturated heterocycles. The van der Waals surface area contributed by atoms with E-state index >= 15 is 0 Å². The Morgan fingerprint density at radius 2 is 2.09 bits per heavy atom. The molecule has 2 aromatic carbocycles. The van der Waals surface area contributed by atoms with Crippen LogP contribution in [0.3, 0.4) is 0 Å². The number of carbonyl (C=O) groups is 1. The first kappa shape index (κ1) is 32.0. The number of carbonyl (C=O) groups excluding carboxylic acids is 1. The molecule has 0 spiro atoms. The highest BCUT2D eigenvalue weighted by Gasteiger charge is 2.41. The van der Waals surface area contributed by atoms with Crippen LogP contribution in [0.5, 0.6) is 6.01 Å². The molecule has 1 unspecified atom stereocenters. The van der Waals surface area contributed by atoms with E-state index in [-0.39, 0.29) is 41.0 Å². The van der Waals surface area contributed by atoms with E-state index in [1.807, 2.05) is 32.3 Å². The molecule has 10 nitrogen and oxygen atoms in total. The van der Waals surface area contributed by atoms with Gasteiger partial charge in [-0.3, -0.25) is 4.79 Å². The monoisotopic (exact) mass is 647 g/mol. The Hall–Kier alpha value is -3.98. The van der Waals surface area contributed by atoms with Crippen molar-refractivity contribution in [3.63, 3.8) is 0 Å². The number of halogens is 2. The first-order chi connectivity index (χ1) is 22.1. The summed E-state index contributed by atoms with van der Waals surface area (Å²) < 4.78 is 26.6. The number of hydrogen-bond acceptors (Lipinski definition) is 8. The Kier molecular flexibility index (Phi) is 9.06. The second-order valence-electron chi connectivity index (χ2n) is 12.9. The molecule has 3 aliphatic heterocycles. The summed E-state index contributed by atoms with van der Waals surface area (Å²) in [5, 5.41) is 1.64. The van der Waals surface area contributed by atoms with Gasteiger partial charge in [0.1, 0.15) is 24.3 Å². The first-order valence-corrected chi connectivity index (χ1v) is 15.9. The number of anilines is 2. The van der Waals surface area contributed by atoms with Gasteiger partial charge in [0.15, 0.2) is 0 Å². The van der Waals surface area contributed by atoms with Gasteiger partial charge in [-0.25, -0.2) is 11.0 Å². The molecule has 1 amide bonds. The molecule has 1 aromatic heterocycles. The van der Waals surface area contributed by atoms with E-state index in [1.54, 1.807) is 11.0 Å². The third-order valence-electron chi connectivity index (χ3n) is 9.14. The van der Waals surface area contributed by atoms with E-state index < -0.39 is 5.82 Å². The van der Waals surface area contributed by atoms with Crippen LogP contribution in [-0.2, 0) is 22.5 Å². The number of benzene rings is 2. The maximum absolute atomic E-state index is 14.7. The molecule has 0 aliphatic carbocycles. The molecule has 46 heavy (non-hydrogen) atoms. The molecular weight excluding hydrogens is 609 g/mol. The standard InChI is InChI=1S/C34H39ClFN7O3/c1-6-29(44)42-13-12-41(16-24(42)15-37-3)32-25-14-22(2)43(28-9-7-8-23-10-11-26(36)31(35)30(23)28)17-27(25)38-33(39-32)46-21-34(18-40(4)5)19-45-20-34/h6-11,22,24H,1,12-21H2,2,4-5H3/t22?,24-/m0/s1. The summed E-state index contributed by atoms with van der Waals surface area (Å²) in [6.07, 6.45) is 1.94. The van der Waals surface area contributed by atoms with Crippen molar-refractivity contribution in [2.75, 3.05) is 76.4 Å². The summed E-state index contributed by atoms with van der Waals surface area (Å²) in [4.78, 5) is 34.4. The fourth-order valence-corrected chi connectivity index (χ4v) is 7.22. The Morgan fingerprint density at radius 3 is 2.78 bits per heavy atom. The topological polar surface area (TPSA) is 78.6 Å². The molecule has 4 heterocycles. The van der Waals surface area contributed by atoms with Crippen molar-refractivity contribution in [1.29, 1.82) is 0 Å². The van der Waals surface area contributed by atoms with Gasteiger partial charge in [0.2, 0.25) is 12.5 Å². The van der Waals surface area contributed by atoms with Gasteiger partial charge in [-0.15, -0.1) is 0 Å². The van der Waals surface area contributed by atoms with Gasteiger partial charge in [0.05, 0.1) is 35.9 Å². The SMILES string of the molecule is [C-]#[N+]C[C@H]1CN(c2nc(OCC3(CN(C)C)COC3)nc3c2CC(C)N(c2cccc4ccc(F)c(Cl)c24)C3)CCN1C(=O)C=C. The summed E-state index contributed by atoms with van der Waals surface area (Å²) in [5.41, 5.74) is 2.52. The third kappa shape index (κ3) is 6.09. The molecule has 2 atom stereocenters. The van der Waals surface area contributed by atoms with Crippen molar-refractivity contribution in [2.24, 2.45) is 5.41 Å². The largest absolute Gasteiger partial charge is 0.463 e. The van der Waals surface area contributed by atoms with Crippen LogP contribution < -0.4 is 14.5 Å². The maximum atomic E-state index is 14.7. The van der Waals surface area contributed by atoms with Gasteiger partial charge in [-0.1, -0.05) is 36.4 Å². The van der Waals surface area contributed by atoms with Crippen LogP contribution in [0.2, 0.25) is 5.02 Å². The smallest absolute Gasteiger partial charge is 0.318 e. The number of fused-ring (bicyclic) bond motifs is 2. The molecule has 3 aromatic rings. The zero-order chi connectivity index (χ0) is 32.6. The highest BCUT2D eigenvalue weighted by Crippen LogP contribution is 2.40. The van der Waals surface area contributed by atoms with E-state index in [4.69, 9.17) is 37.6 Å². The second kappa shape index (κ2) is 13.0. The Morgan fingerprint density at radius 1 is 1.28 bits per heavy atom. The normalized spacial score (nSPS) is 20.7. The van der Waals surface area contributed by atoms with Gasteiger partial charge >= 0.3 is 6.01 Å². The first-order valence-electron chi connectivity index (χ1n) is 15.5. The minimum atomic E-state index is -0.457. The Balaban J connectivity index is 1.38. The Labute approximate surface area is 274 Å². The molecule has 12 heteroatoms. The lowest BCUT2D eigenvalue weighted by Crippen LogP contribution is -2.56. The zero-order valence-corrected chi connectivity index (χ0v) is 27.3. The highest BCUT2D eigenvalue weighted by molar-refractivity contribution is 6.36. The van der Waals surface area contributed by atoms with Gasteiger partial charge in [-0.05, 0) is 51.0 Å². The van der Waals surface area contributed by atoms with E-state index in [0.29, 0.717) is 57.8 Å². The minimum absolute atomic E-state index is 0.0182. The van der Waals surface area contributed by atoms with Crippen LogP contribution >= 0.6 is 11.6 Å². The molecular formula is C34H39ClFN7O3. The predicted molar refractivity (Wildman–Crippen MR) is 177 cm³/mol. The average molecular weight is 648 g/mol. The number of nitrogens with zero attached hydrogens (tertiary/aromatic N) is 7. The molecule has 0 bridgehead atoms. The van der Waals surface area contributed by atoms with E-state index in [2.05, 4.69) is 33.0 Å². The molecule has 3 aliphatic rings. The molecule has 6 rings (SSSR count). The van der Waals surface area contributed by atoms with Crippen LogP contribution in [0.1, 0.15) is 18.2 Å². The number of ether oxygens (including phenoxy) is 2. The summed E-state index contributed by atoms with van der Waals surface area (Å²) in [6.45, 7) is 17.8. The van der Waals surface area contributed by atoms with E-state index in [1.165, 1.54) is 12.1 Å². The lowest BCUT2D eigenvalue weighted by molar-refractivity contribution is -0.140. The predicted octanol–water partition coefficient (Wildman–Crippen LogP) is 4.45. The molecule has 242 valence electrons. The van der Waals surface area contributed by atoms with E-state index in [9.17, 15) is 9.18 Å². The van der Waals surface area contributed by atoms with Gasteiger partial charge in [0.25, 0.3) is 0 Å². The van der Waals surface area contributed by atoms with Crippen molar-refractivity contribution in [3.05, 3.63) is 76.5 Å². The van der Waals surface area contributed by atoms with Crippen molar-refractivity contribution < 1.29 is 18.7 Å². The number of piperazine rings is 1. The van der Waals surface area contributed by atoms with Crippen LogP contribution in [0.4, 0.5) is 15.9 Å². The van der Waals surface area contributed by atoms with Gasteiger partial charge in [-0.2, -0.15) is 9.97 Å². The Bertz CT molecular complexity index is 1690.